The first-order chi connectivity index (χ1) is 9.49. The van der Waals surface area contributed by atoms with E-state index in [1.807, 2.05) is 0 Å². The van der Waals surface area contributed by atoms with E-state index in [9.17, 15) is 9.90 Å². The number of hydrazone groups is 1. The van der Waals surface area contributed by atoms with Crippen molar-refractivity contribution in [1.82, 2.24) is 9.78 Å². The molecule has 8 heteroatoms. The number of aryl methyl sites for hydroxylation is 1. The molecule has 0 radical (unpaired) electrons. The number of hydrogen-bond donors (Lipinski definition) is 2. The molecule has 2 aromatic rings. The van der Waals surface area contributed by atoms with Crippen LogP contribution in [0.15, 0.2) is 38.8 Å². The van der Waals surface area contributed by atoms with Crippen LogP contribution in [-0.4, -0.2) is 21.1 Å². The van der Waals surface area contributed by atoms with Crippen LogP contribution in [0.2, 0.25) is 5.02 Å². The van der Waals surface area contributed by atoms with Crippen molar-refractivity contribution < 1.29 is 5.11 Å². The van der Waals surface area contributed by atoms with Crippen molar-refractivity contribution in [2.45, 2.75) is 0 Å². The Kier molecular flexibility index (Phi) is 4.41. The Bertz CT molecular complexity index is 730. The maximum absolute atomic E-state index is 11.6. The fraction of sp³-hybridized carbons (Fsp3) is 0.0833. The SMILES string of the molecule is Cn1ncc(N/N=C\c2cc(Br)ccc2O)c(Cl)c1=O. The number of halogens is 2. The highest BCUT2D eigenvalue weighted by Gasteiger charge is 2.06. The number of anilines is 1. The normalized spacial score (nSPS) is 10.9. The molecule has 104 valence electrons. The third kappa shape index (κ3) is 3.17. The lowest BCUT2D eigenvalue weighted by molar-refractivity contribution is 0.474. The van der Waals surface area contributed by atoms with Crippen LogP contribution in [0.5, 0.6) is 5.75 Å². The highest BCUT2D eigenvalue weighted by molar-refractivity contribution is 9.10. The smallest absolute Gasteiger partial charge is 0.287 e. The van der Waals surface area contributed by atoms with E-state index >= 15 is 0 Å². The molecule has 1 aromatic carbocycles. The van der Waals surface area contributed by atoms with Gasteiger partial charge in [0.15, 0.2) is 0 Å². The Balaban J connectivity index is 2.20. The van der Waals surface area contributed by atoms with Crippen molar-refractivity contribution >= 4 is 39.4 Å². The largest absolute Gasteiger partial charge is 0.507 e. The molecular weight excluding hydrogens is 348 g/mol. The van der Waals surface area contributed by atoms with E-state index in [2.05, 4.69) is 31.6 Å². The number of rotatable bonds is 3. The van der Waals surface area contributed by atoms with E-state index in [0.29, 0.717) is 11.3 Å². The second-order valence-corrected chi connectivity index (χ2v) is 5.17. The van der Waals surface area contributed by atoms with E-state index in [0.717, 1.165) is 9.15 Å². The Hall–Kier alpha value is -1.86. The second kappa shape index (κ2) is 6.06. The summed E-state index contributed by atoms with van der Waals surface area (Å²) in [5.41, 5.74) is 3.00. The number of hydrogen-bond acceptors (Lipinski definition) is 5. The Morgan fingerprint density at radius 2 is 2.30 bits per heavy atom. The van der Waals surface area contributed by atoms with Gasteiger partial charge in [0.1, 0.15) is 16.5 Å². The van der Waals surface area contributed by atoms with Gasteiger partial charge in [0.25, 0.3) is 5.56 Å². The molecule has 6 nitrogen and oxygen atoms in total. The van der Waals surface area contributed by atoms with E-state index in [1.165, 1.54) is 25.5 Å². The molecule has 0 unspecified atom stereocenters. The third-order valence-corrected chi connectivity index (χ3v) is 3.31. The number of aromatic nitrogens is 2. The van der Waals surface area contributed by atoms with E-state index in [4.69, 9.17) is 11.6 Å². The monoisotopic (exact) mass is 356 g/mol. The van der Waals surface area contributed by atoms with Crippen molar-refractivity contribution in [3.63, 3.8) is 0 Å². The summed E-state index contributed by atoms with van der Waals surface area (Å²) < 4.78 is 1.93. The number of nitrogens with one attached hydrogen (secondary N) is 1. The maximum Gasteiger partial charge on any atom is 0.287 e. The molecule has 0 saturated carbocycles. The Morgan fingerprint density at radius 1 is 1.55 bits per heavy atom. The average molecular weight is 358 g/mol. The standard InChI is InChI=1S/C12H10BrClN4O2/c1-18-12(20)11(14)9(6-16-18)17-15-5-7-4-8(13)2-3-10(7)19/h2-6,17,19H,1H3/b15-5-. The highest BCUT2D eigenvalue weighted by Crippen LogP contribution is 2.20. The topological polar surface area (TPSA) is 79.5 Å². The van der Waals surface area contributed by atoms with Gasteiger partial charge in [-0.1, -0.05) is 27.5 Å². The van der Waals surface area contributed by atoms with Crippen LogP contribution in [0.3, 0.4) is 0 Å². The van der Waals surface area contributed by atoms with Crippen LogP contribution < -0.4 is 11.0 Å². The average Bonchev–Trinajstić information content (AvgIpc) is 2.42. The molecule has 0 aliphatic rings. The third-order valence-electron chi connectivity index (χ3n) is 2.46. The van der Waals surface area contributed by atoms with Gasteiger partial charge in [-0.2, -0.15) is 10.2 Å². The van der Waals surface area contributed by atoms with Gasteiger partial charge in [0.05, 0.1) is 12.4 Å². The predicted octanol–water partition coefficient (Wildman–Crippen LogP) is 2.35. The van der Waals surface area contributed by atoms with Gasteiger partial charge in [-0.25, -0.2) is 4.68 Å². The van der Waals surface area contributed by atoms with Gasteiger partial charge in [-0.15, -0.1) is 0 Å². The molecule has 2 N–H and O–H groups in total. The minimum absolute atomic E-state index is 0.00175. The fourth-order valence-corrected chi connectivity index (χ4v) is 1.98. The van der Waals surface area contributed by atoms with Gasteiger partial charge < -0.3 is 5.11 Å². The molecule has 0 bridgehead atoms. The summed E-state index contributed by atoms with van der Waals surface area (Å²) >= 11 is 9.16. The Morgan fingerprint density at radius 3 is 3.05 bits per heavy atom. The summed E-state index contributed by atoms with van der Waals surface area (Å²) in [5.74, 6) is 0.0898. The zero-order valence-electron chi connectivity index (χ0n) is 10.3. The van der Waals surface area contributed by atoms with Crippen molar-refractivity contribution in [3.8, 4) is 5.75 Å². The van der Waals surface area contributed by atoms with Crippen LogP contribution in [0, 0.1) is 0 Å². The molecule has 2 rings (SSSR count). The molecular formula is C12H10BrClN4O2. The molecule has 0 fully saturated rings. The highest BCUT2D eigenvalue weighted by atomic mass is 79.9. The minimum Gasteiger partial charge on any atom is -0.507 e. The lowest BCUT2D eigenvalue weighted by Crippen LogP contribution is -2.20. The molecule has 1 heterocycles. The lowest BCUT2D eigenvalue weighted by atomic mass is 10.2. The first kappa shape index (κ1) is 14.5. The van der Waals surface area contributed by atoms with Crippen molar-refractivity contribution in [2.24, 2.45) is 12.1 Å². The molecule has 0 aliphatic carbocycles. The minimum atomic E-state index is -0.419. The van der Waals surface area contributed by atoms with Gasteiger partial charge in [-0.3, -0.25) is 10.2 Å². The summed E-state index contributed by atoms with van der Waals surface area (Å²) in [5, 5.41) is 17.4. The number of nitrogens with zero attached hydrogens (tertiary/aromatic N) is 3. The fourth-order valence-electron chi connectivity index (χ4n) is 1.39. The van der Waals surface area contributed by atoms with Crippen molar-refractivity contribution in [2.75, 3.05) is 5.43 Å². The van der Waals surface area contributed by atoms with Gasteiger partial charge in [-0.05, 0) is 18.2 Å². The summed E-state index contributed by atoms with van der Waals surface area (Å²) in [4.78, 5) is 11.6. The molecule has 1 aromatic heterocycles. The van der Waals surface area contributed by atoms with Gasteiger partial charge in [0.2, 0.25) is 0 Å². The van der Waals surface area contributed by atoms with Crippen molar-refractivity contribution in [1.29, 1.82) is 0 Å². The van der Waals surface area contributed by atoms with E-state index in [-0.39, 0.29) is 10.8 Å². The summed E-state index contributed by atoms with van der Waals surface area (Å²) in [7, 11) is 1.50. The zero-order valence-corrected chi connectivity index (χ0v) is 12.7. The van der Waals surface area contributed by atoms with Crippen LogP contribution in [-0.2, 0) is 7.05 Å². The van der Waals surface area contributed by atoms with Crippen LogP contribution >= 0.6 is 27.5 Å². The molecule has 0 amide bonds. The quantitative estimate of drug-likeness (QED) is 0.653. The van der Waals surface area contributed by atoms with Gasteiger partial charge in [0, 0.05) is 17.1 Å². The lowest BCUT2D eigenvalue weighted by Gasteiger charge is -2.04. The number of phenols is 1. The molecule has 0 spiro atoms. The molecule has 20 heavy (non-hydrogen) atoms. The number of phenolic OH excluding ortho intramolecular Hbond substituents is 1. The predicted molar refractivity (Wildman–Crippen MR) is 81.5 cm³/mol. The summed E-state index contributed by atoms with van der Waals surface area (Å²) in [6.07, 6.45) is 2.80. The Labute approximate surface area is 127 Å². The first-order valence-electron chi connectivity index (χ1n) is 5.48. The molecule has 0 atom stereocenters. The molecule has 0 saturated heterocycles. The molecule has 0 aliphatic heterocycles. The van der Waals surface area contributed by atoms with Crippen LogP contribution in [0.4, 0.5) is 5.69 Å². The summed E-state index contributed by atoms with van der Waals surface area (Å²) in [6, 6.07) is 4.95. The van der Waals surface area contributed by atoms with Crippen LogP contribution in [0.25, 0.3) is 0 Å². The summed E-state index contributed by atoms with van der Waals surface area (Å²) in [6.45, 7) is 0. The van der Waals surface area contributed by atoms with E-state index in [1.54, 1.807) is 12.1 Å². The maximum atomic E-state index is 11.6. The second-order valence-electron chi connectivity index (χ2n) is 3.87. The van der Waals surface area contributed by atoms with Crippen molar-refractivity contribution in [3.05, 3.63) is 49.8 Å². The number of aromatic hydroxyl groups is 1. The van der Waals surface area contributed by atoms with Crippen LogP contribution in [0.1, 0.15) is 5.56 Å². The van der Waals surface area contributed by atoms with Gasteiger partial charge >= 0.3 is 0 Å². The first-order valence-corrected chi connectivity index (χ1v) is 6.65. The zero-order chi connectivity index (χ0) is 14.7. The number of benzene rings is 1. The van der Waals surface area contributed by atoms with E-state index < -0.39 is 5.56 Å².